The van der Waals surface area contributed by atoms with Crippen molar-refractivity contribution in [2.24, 2.45) is 5.73 Å². The molecule has 10 heteroatoms. The summed E-state index contributed by atoms with van der Waals surface area (Å²) >= 11 is 0. The van der Waals surface area contributed by atoms with Crippen LogP contribution in [0.5, 0.6) is 0 Å². The molecule has 1 aromatic rings. The Balaban J connectivity index is 2.03. The van der Waals surface area contributed by atoms with Gasteiger partial charge in [0.1, 0.15) is 6.04 Å². The Kier molecular flexibility index (Phi) is 7.57. The molecule has 0 aromatic heterocycles. The summed E-state index contributed by atoms with van der Waals surface area (Å²) in [5, 5.41) is 2.74. The number of ether oxygens (including phenoxy) is 1. The third-order valence-corrected chi connectivity index (χ3v) is 6.16. The normalized spacial score (nSPS) is 18.3. The summed E-state index contributed by atoms with van der Waals surface area (Å²) in [6.07, 6.45) is 0.668. The Labute approximate surface area is 159 Å². The molecule has 1 heterocycles. The Morgan fingerprint density at radius 2 is 1.96 bits per heavy atom. The lowest BCUT2D eigenvalue weighted by atomic mass is 10.2. The van der Waals surface area contributed by atoms with Crippen LogP contribution >= 0.6 is 0 Å². The molecule has 0 aliphatic carbocycles. The van der Waals surface area contributed by atoms with Crippen LogP contribution < -0.4 is 11.1 Å². The number of rotatable bonds is 8. The van der Waals surface area contributed by atoms with E-state index in [1.165, 1.54) is 17.0 Å². The monoisotopic (exact) mass is 398 g/mol. The molecule has 150 valence electrons. The van der Waals surface area contributed by atoms with Crippen LogP contribution in [0.1, 0.15) is 13.3 Å². The number of amides is 3. The van der Waals surface area contributed by atoms with Crippen LogP contribution in [0, 0.1) is 0 Å². The first-order valence-corrected chi connectivity index (χ1v) is 10.3. The number of nitrogens with zero attached hydrogens (tertiary/aromatic N) is 2. The van der Waals surface area contributed by atoms with E-state index in [9.17, 15) is 18.0 Å². The number of carbonyl (C=O) groups excluding carboxylic acids is 2. The molecule has 0 spiro atoms. The maximum atomic E-state index is 12.8. The molecule has 0 saturated carbocycles. The molecule has 1 aromatic carbocycles. The molecule has 3 N–H and O–H groups in total. The number of hydrogen-bond donors (Lipinski definition) is 2. The zero-order chi connectivity index (χ0) is 19.9. The third-order valence-electron chi connectivity index (χ3n) is 4.24. The Hall–Kier alpha value is -2.17. The van der Waals surface area contributed by atoms with Crippen LogP contribution in [0.15, 0.2) is 35.2 Å². The molecule has 2 rings (SSSR count). The fraction of sp³-hybridized carbons (Fsp3) is 0.529. The zero-order valence-corrected chi connectivity index (χ0v) is 16.2. The SMILES string of the molecule is CCOCCCNC(=O)N1CCN(S(=O)(=O)c2ccccc2)C(C(N)=O)C1. The lowest BCUT2D eigenvalue weighted by Crippen LogP contribution is -2.61. The molecule has 1 saturated heterocycles. The first-order valence-electron chi connectivity index (χ1n) is 8.84. The Morgan fingerprint density at radius 1 is 1.26 bits per heavy atom. The van der Waals surface area contributed by atoms with Gasteiger partial charge in [0, 0.05) is 39.4 Å². The van der Waals surface area contributed by atoms with Gasteiger partial charge < -0.3 is 20.7 Å². The van der Waals surface area contributed by atoms with Crippen LogP contribution in [-0.4, -0.2) is 75.0 Å². The van der Waals surface area contributed by atoms with Crippen molar-refractivity contribution in [2.45, 2.75) is 24.3 Å². The number of benzene rings is 1. The van der Waals surface area contributed by atoms with Crippen LogP contribution in [0.25, 0.3) is 0 Å². The summed E-state index contributed by atoms with van der Waals surface area (Å²) < 4.78 is 31.9. The number of nitrogens with two attached hydrogens (primary N) is 1. The highest BCUT2D eigenvalue weighted by atomic mass is 32.2. The van der Waals surface area contributed by atoms with Crippen LogP contribution in [0.4, 0.5) is 4.79 Å². The van der Waals surface area contributed by atoms with Gasteiger partial charge in [0.05, 0.1) is 4.90 Å². The van der Waals surface area contributed by atoms with Crippen molar-refractivity contribution < 1.29 is 22.7 Å². The summed E-state index contributed by atoms with van der Waals surface area (Å²) in [6.45, 7) is 3.58. The van der Waals surface area contributed by atoms with Gasteiger partial charge in [0.25, 0.3) is 0 Å². The van der Waals surface area contributed by atoms with E-state index in [0.29, 0.717) is 26.2 Å². The number of nitrogens with one attached hydrogen (secondary N) is 1. The smallest absolute Gasteiger partial charge is 0.317 e. The minimum atomic E-state index is -3.87. The van der Waals surface area contributed by atoms with Gasteiger partial charge in [0.15, 0.2) is 0 Å². The highest BCUT2D eigenvalue weighted by Crippen LogP contribution is 2.21. The van der Waals surface area contributed by atoms with Gasteiger partial charge in [0.2, 0.25) is 15.9 Å². The molecular formula is C17H26N4O5S. The van der Waals surface area contributed by atoms with E-state index in [0.717, 1.165) is 4.31 Å². The Morgan fingerprint density at radius 3 is 2.59 bits per heavy atom. The van der Waals surface area contributed by atoms with Crippen LogP contribution in [-0.2, 0) is 19.6 Å². The largest absolute Gasteiger partial charge is 0.382 e. The van der Waals surface area contributed by atoms with E-state index < -0.39 is 22.0 Å². The van der Waals surface area contributed by atoms with Gasteiger partial charge >= 0.3 is 6.03 Å². The third kappa shape index (κ3) is 5.41. The minimum Gasteiger partial charge on any atom is -0.382 e. The fourth-order valence-corrected chi connectivity index (χ4v) is 4.42. The highest BCUT2D eigenvalue weighted by Gasteiger charge is 2.40. The maximum absolute atomic E-state index is 12.8. The summed E-state index contributed by atoms with van der Waals surface area (Å²) in [6, 6.07) is 6.39. The lowest BCUT2D eigenvalue weighted by Gasteiger charge is -2.38. The molecule has 0 radical (unpaired) electrons. The molecule has 0 bridgehead atoms. The first-order chi connectivity index (χ1) is 12.9. The number of piperazine rings is 1. The van der Waals surface area contributed by atoms with Crippen LogP contribution in [0.3, 0.4) is 0 Å². The van der Waals surface area contributed by atoms with E-state index in [4.69, 9.17) is 10.5 Å². The summed E-state index contributed by atoms with van der Waals surface area (Å²) in [7, 11) is -3.87. The topological polar surface area (TPSA) is 122 Å². The van der Waals surface area contributed by atoms with Gasteiger partial charge in [-0.05, 0) is 25.5 Å². The van der Waals surface area contributed by atoms with Crippen molar-refractivity contribution in [3.8, 4) is 0 Å². The zero-order valence-electron chi connectivity index (χ0n) is 15.3. The standard InChI is InChI=1S/C17H26N4O5S/c1-2-26-12-6-9-19-17(23)20-10-11-21(15(13-20)16(18)22)27(24,25)14-7-4-3-5-8-14/h3-5,7-8,15H,2,6,9-13H2,1H3,(H2,18,22)(H,19,23). The van der Waals surface area contributed by atoms with Gasteiger partial charge in [-0.3, -0.25) is 4.79 Å². The molecule has 1 unspecified atom stereocenters. The van der Waals surface area contributed by atoms with E-state index in [2.05, 4.69) is 5.32 Å². The van der Waals surface area contributed by atoms with Gasteiger partial charge in [-0.1, -0.05) is 18.2 Å². The molecule has 27 heavy (non-hydrogen) atoms. The van der Waals surface area contributed by atoms with Crippen LogP contribution in [0.2, 0.25) is 0 Å². The average molecular weight is 398 g/mol. The van der Waals surface area contributed by atoms with Gasteiger partial charge in [-0.15, -0.1) is 0 Å². The summed E-state index contributed by atoms with van der Waals surface area (Å²) in [5.74, 6) is -0.789. The first kappa shape index (κ1) is 21.1. The number of carbonyl (C=O) groups is 2. The molecule has 1 aliphatic heterocycles. The highest BCUT2D eigenvalue weighted by molar-refractivity contribution is 7.89. The number of urea groups is 1. The molecule has 9 nitrogen and oxygen atoms in total. The Bertz CT molecular complexity index is 741. The molecule has 1 fully saturated rings. The van der Waals surface area contributed by atoms with Crippen molar-refractivity contribution in [3.05, 3.63) is 30.3 Å². The number of hydrogen-bond acceptors (Lipinski definition) is 5. The van der Waals surface area contributed by atoms with E-state index in [1.54, 1.807) is 18.2 Å². The van der Waals surface area contributed by atoms with E-state index >= 15 is 0 Å². The van der Waals surface area contributed by atoms with Crippen molar-refractivity contribution in [1.29, 1.82) is 0 Å². The second-order valence-corrected chi connectivity index (χ2v) is 7.97. The second-order valence-electron chi connectivity index (χ2n) is 6.08. The van der Waals surface area contributed by atoms with Crippen molar-refractivity contribution in [2.75, 3.05) is 39.4 Å². The average Bonchev–Trinajstić information content (AvgIpc) is 2.67. The van der Waals surface area contributed by atoms with Crippen molar-refractivity contribution >= 4 is 22.0 Å². The van der Waals surface area contributed by atoms with Crippen molar-refractivity contribution in [1.82, 2.24) is 14.5 Å². The minimum absolute atomic E-state index is 0.00278. The van der Waals surface area contributed by atoms with E-state index in [-0.39, 0.29) is 30.6 Å². The number of sulfonamides is 1. The predicted molar refractivity (Wildman–Crippen MR) is 99.4 cm³/mol. The van der Waals surface area contributed by atoms with Gasteiger partial charge in [-0.2, -0.15) is 4.31 Å². The summed E-state index contributed by atoms with van der Waals surface area (Å²) in [5.41, 5.74) is 5.43. The molecule has 1 aliphatic rings. The lowest BCUT2D eigenvalue weighted by molar-refractivity contribution is -0.122. The maximum Gasteiger partial charge on any atom is 0.317 e. The van der Waals surface area contributed by atoms with Gasteiger partial charge in [-0.25, -0.2) is 13.2 Å². The molecule has 3 amide bonds. The van der Waals surface area contributed by atoms with E-state index in [1.807, 2.05) is 6.92 Å². The fourth-order valence-electron chi connectivity index (χ4n) is 2.82. The number of primary amides is 1. The molecule has 1 atom stereocenters. The predicted octanol–water partition coefficient (Wildman–Crippen LogP) is -0.0170. The molecular weight excluding hydrogens is 372 g/mol. The second kappa shape index (κ2) is 9.67. The quantitative estimate of drug-likeness (QED) is 0.596. The summed E-state index contributed by atoms with van der Waals surface area (Å²) in [4.78, 5) is 25.7. The van der Waals surface area contributed by atoms with Crippen molar-refractivity contribution in [3.63, 3.8) is 0 Å².